The maximum atomic E-state index is 14.3. The summed E-state index contributed by atoms with van der Waals surface area (Å²) in [7, 11) is -1.90. The Labute approximate surface area is 143 Å². The summed E-state index contributed by atoms with van der Waals surface area (Å²) >= 11 is 3.34. The van der Waals surface area contributed by atoms with Gasteiger partial charge in [0.15, 0.2) is 8.32 Å². The van der Waals surface area contributed by atoms with Crippen molar-refractivity contribution in [3.8, 4) is 0 Å². The fourth-order valence-electron chi connectivity index (χ4n) is 1.89. The fraction of sp³-hybridized carbons (Fsp3) is 0.647. The van der Waals surface area contributed by atoms with Gasteiger partial charge in [-0.1, -0.05) is 36.7 Å². The van der Waals surface area contributed by atoms with Crippen molar-refractivity contribution in [3.63, 3.8) is 0 Å². The zero-order valence-corrected chi connectivity index (χ0v) is 17.3. The van der Waals surface area contributed by atoms with Crippen molar-refractivity contribution >= 4 is 24.2 Å². The molecule has 22 heavy (non-hydrogen) atoms. The van der Waals surface area contributed by atoms with Gasteiger partial charge < -0.3 is 9.53 Å². The monoisotopic (exact) mass is 390 g/mol. The highest BCUT2D eigenvalue weighted by Crippen LogP contribution is 2.37. The topological polar surface area (TPSA) is 29.5 Å². The van der Waals surface area contributed by atoms with Crippen LogP contribution in [0.5, 0.6) is 0 Å². The first-order chi connectivity index (χ1) is 9.73. The molecule has 1 aromatic rings. The molecule has 0 atom stereocenters. The van der Waals surface area contributed by atoms with Gasteiger partial charge in [0.05, 0.1) is 12.2 Å². The molecule has 0 radical (unpaired) electrons. The summed E-state index contributed by atoms with van der Waals surface area (Å²) in [6.07, 6.45) is 0.266. The van der Waals surface area contributed by atoms with Crippen LogP contribution in [0.4, 0.5) is 4.39 Å². The van der Waals surface area contributed by atoms with Crippen molar-refractivity contribution in [2.24, 2.45) is 0 Å². The zero-order valence-electron chi connectivity index (χ0n) is 14.7. The van der Waals surface area contributed by atoms with E-state index in [1.165, 1.54) is 6.07 Å². The zero-order chi connectivity index (χ0) is 17.3. The van der Waals surface area contributed by atoms with Gasteiger partial charge in [0.2, 0.25) is 0 Å². The van der Waals surface area contributed by atoms with Gasteiger partial charge in [0.25, 0.3) is 0 Å². The molecular weight excluding hydrogens is 363 g/mol. The van der Waals surface area contributed by atoms with Crippen LogP contribution in [-0.2, 0) is 17.5 Å². The van der Waals surface area contributed by atoms with Gasteiger partial charge in [-0.3, -0.25) is 0 Å². The lowest BCUT2D eigenvalue weighted by Crippen LogP contribution is -2.40. The van der Waals surface area contributed by atoms with Gasteiger partial charge in [-0.25, -0.2) is 4.39 Å². The molecule has 0 aliphatic rings. The Morgan fingerprint density at radius 1 is 1.18 bits per heavy atom. The third-order valence-electron chi connectivity index (χ3n) is 4.26. The predicted octanol–water partition coefficient (Wildman–Crippen LogP) is 5.42. The lowest BCUT2D eigenvalue weighted by molar-refractivity contribution is 0.0794. The molecule has 0 heterocycles. The van der Waals surface area contributed by atoms with Gasteiger partial charge in [-0.15, -0.1) is 0 Å². The second kappa shape index (κ2) is 6.71. The highest BCUT2D eigenvalue weighted by Gasteiger charge is 2.37. The molecule has 0 spiro atoms. The first kappa shape index (κ1) is 19.8. The smallest absolute Gasteiger partial charge is 0.192 e. The number of benzene rings is 1. The average molecular weight is 391 g/mol. The second-order valence-corrected chi connectivity index (χ2v) is 13.8. The maximum Gasteiger partial charge on any atom is 0.192 e. The Balaban J connectivity index is 3.09. The van der Waals surface area contributed by atoms with Gasteiger partial charge >= 0.3 is 0 Å². The Bertz CT molecular complexity index is 531. The largest absolute Gasteiger partial charge is 0.413 e. The van der Waals surface area contributed by atoms with Crippen LogP contribution in [0.25, 0.3) is 0 Å². The van der Waals surface area contributed by atoms with E-state index in [0.29, 0.717) is 16.6 Å². The molecule has 0 aliphatic heterocycles. The maximum absolute atomic E-state index is 14.3. The van der Waals surface area contributed by atoms with Crippen LogP contribution in [0.15, 0.2) is 16.6 Å². The van der Waals surface area contributed by atoms with Crippen molar-refractivity contribution in [2.75, 3.05) is 0 Å². The molecule has 0 unspecified atom stereocenters. The number of rotatable bonds is 5. The van der Waals surface area contributed by atoms with Gasteiger partial charge in [-0.05, 0) is 55.2 Å². The SMILES string of the molecule is CC(C)(O)Cc1c(F)cc(Br)cc1CO[Si](C)(C)C(C)(C)C. The molecule has 1 N–H and O–H groups in total. The van der Waals surface area contributed by atoms with E-state index < -0.39 is 13.9 Å². The minimum absolute atomic E-state index is 0.105. The standard InChI is InChI=1S/C17H28BrFO2Si/c1-16(2,3)22(6,7)21-11-12-8-13(18)9-15(19)14(12)10-17(4,5)20/h8-9,20H,10-11H2,1-7H3. The molecule has 2 nitrogen and oxygen atoms in total. The summed E-state index contributed by atoms with van der Waals surface area (Å²) in [5, 5.41) is 10.1. The minimum atomic E-state index is -1.90. The number of hydrogen-bond acceptors (Lipinski definition) is 2. The summed E-state index contributed by atoms with van der Waals surface area (Å²) in [6.45, 7) is 14.6. The summed E-state index contributed by atoms with van der Waals surface area (Å²) in [5.74, 6) is -0.301. The Morgan fingerprint density at radius 2 is 1.73 bits per heavy atom. The molecule has 0 aromatic heterocycles. The van der Waals surface area contributed by atoms with Gasteiger partial charge in [0.1, 0.15) is 5.82 Å². The quantitative estimate of drug-likeness (QED) is 0.679. The molecule has 0 bridgehead atoms. The third-order valence-corrected chi connectivity index (χ3v) is 9.19. The molecule has 1 rings (SSSR count). The summed E-state index contributed by atoms with van der Waals surface area (Å²) in [6, 6.07) is 3.33. The van der Waals surface area contributed by atoms with Crippen LogP contribution in [0.2, 0.25) is 18.1 Å². The minimum Gasteiger partial charge on any atom is -0.413 e. The number of halogens is 2. The van der Waals surface area contributed by atoms with Gasteiger partial charge in [-0.2, -0.15) is 0 Å². The van der Waals surface area contributed by atoms with Crippen molar-refractivity contribution in [2.45, 2.75) is 71.4 Å². The van der Waals surface area contributed by atoms with E-state index in [1.54, 1.807) is 13.8 Å². The first-order valence-electron chi connectivity index (χ1n) is 7.56. The molecule has 0 aliphatic carbocycles. The van der Waals surface area contributed by atoms with Gasteiger partial charge in [0, 0.05) is 10.9 Å². The van der Waals surface area contributed by atoms with Crippen molar-refractivity contribution in [3.05, 3.63) is 33.5 Å². The molecule has 126 valence electrons. The van der Waals surface area contributed by atoms with E-state index in [4.69, 9.17) is 4.43 Å². The van der Waals surface area contributed by atoms with E-state index in [9.17, 15) is 9.50 Å². The third kappa shape index (κ3) is 5.44. The number of aliphatic hydroxyl groups is 1. The van der Waals surface area contributed by atoms with Crippen molar-refractivity contribution in [1.82, 2.24) is 0 Å². The van der Waals surface area contributed by atoms with Crippen LogP contribution in [0, 0.1) is 5.82 Å². The fourth-order valence-corrected chi connectivity index (χ4v) is 3.32. The Kier molecular flexibility index (Phi) is 6.05. The van der Waals surface area contributed by atoms with E-state index in [-0.39, 0.29) is 17.3 Å². The summed E-state index contributed by atoms with van der Waals surface area (Å²) < 4.78 is 21.2. The highest BCUT2D eigenvalue weighted by atomic mass is 79.9. The van der Waals surface area contributed by atoms with Crippen LogP contribution < -0.4 is 0 Å². The van der Waals surface area contributed by atoms with E-state index in [0.717, 1.165) is 5.56 Å². The van der Waals surface area contributed by atoms with Crippen molar-refractivity contribution < 1.29 is 13.9 Å². The second-order valence-electron chi connectivity index (χ2n) is 8.06. The number of hydrogen-bond donors (Lipinski definition) is 1. The summed E-state index contributed by atoms with van der Waals surface area (Å²) in [5.41, 5.74) is 0.383. The van der Waals surface area contributed by atoms with E-state index in [1.807, 2.05) is 6.07 Å². The van der Waals surface area contributed by atoms with E-state index in [2.05, 4.69) is 49.8 Å². The first-order valence-corrected chi connectivity index (χ1v) is 11.3. The van der Waals surface area contributed by atoms with Crippen LogP contribution in [0.1, 0.15) is 45.7 Å². The highest BCUT2D eigenvalue weighted by molar-refractivity contribution is 9.10. The molecule has 5 heteroatoms. The van der Waals surface area contributed by atoms with Crippen LogP contribution >= 0.6 is 15.9 Å². The lowest BCUT2D eigenvalue weighted by atomic mass is 9.94. The molecule has 0 fully saturated rings. The van der Waals surface area contributed by atoms with Crippen molar-refractivity contribution in [1.29, 1.82) is 0 Å². The summed E-state index contributed by atoms with van der Waals surface area (Å²) in [4.78, 5) is 0. The normalized spacial score (nSPS) is 13.5. The molecule has 0 amide bonds. The van der Waals surface area contributed by atoms with Crippen LogP contribution in [-0.4, -0.2) is 19.0 Å². The Hall–Kier alpha value is -0.233. The average Bonchev–Trinajstić information content (AvgIpc) is 2.27. The van der Waals surface area contributed by atoms with Crippen LogP contribution in [0.3, 0.4) is 0 Å². The lowest BCUT2D eigenvalue weighted by Gasteiger charge is -2.36. The molecular formula is C17H28BrFO2Si. The van der Waals surface area contributed by atoms with E-state index >= 15 is 0 Å². The predicted molar refractivity (Wildman–Crippen MR) is 96.1 cm³/mol. The molecule has 0 saturated heterocycles. The Morgan fingerprint density at radius 3 is 2.18 bits per heavy atom. The molecule has 0 saturated carbocycles. The molecule has 1 aromatic carbocycles.